The molecular formula is C16H15N3O4. The summed E-state index contributed by atoms with van der Waals surface area (Å²) in [6.45, 7) is 0. The van der Waals surface area contributed by atoms with Crippen LogP contribution in [0.3, 0.4) is 0 Å². The summed E-state index contributed by atoms with van der Waals surface area (Å²) in [6.07, 6.45) is 0.664. The molecule has 3 rings (SSSR count). The Kier molecular flexibility index (Phi) is 5.03. The van der Waals surface area contributed by atoms with Crippen LogP contribution in [0.4, 0.5) is 0 Å². The fraction of sp³-hybridized carbons (Fsp3) is 0.125. The van der Waals surface area contributed by atoms with Gasteiger partial charge in [0.1, 0.15) is 5.82 Å². The molecule has 0 aliphatic carbocycles. The number of nitrogens with zero attached hydrogens (tertiary/aromatic N) is 3. The van der Waals surface area contributed by atoms with Crippen LogP contribution in [-0.4, -0.2) is 19.8 Å². The Labute approximate surface area is 131 Å². The molecule has 118 valence electrons. The molecule has 0 aliphatic rings. The van der Waals surface area contributed by atoms with Gasteiger partial charge in [-0.15, -0.1) is 10.1 Å². The van der Waals surface area contributed by atoms with Crippen molar-refractivity contribution in [1.82, 2.24) is 9.55 Å². The summed E-state index contributed by atoms with van der Waals surface area (Å²) in [7, 11) is 1.95. The first-order chi connectivity index (χ1) is 11.0. The highest BCUT2D eigenvalue weighted by Crippen LogP contribution is 2.12. The fourth-order valence-corrected chi connectivity index (χ4v) is 2.28. The van der Waals surface area contributed by atoms with Crippen LogP contribution < -0.4 is 5.56 Å². The van der Waals surface area contributed by atoms with Crippen LogP contribution >= 0.6 is 0 Å². The van der Waals surface area contributed by atoms with Crippen LogP contribution in [0.2, 0.25) is 0 Å². The molecule has 0 aliphatic heterocycles. The first-order valence-electron chi connectivity index (χ1n) is 6.81. The summed E-state index contributed by atoms with van der Waals surface area (Å²) >= 11 is 0. The quantitative estimate of drug-likeness (QED) is 0.577. The van der Waals surface area contributed by atoms with E-state index in [1.54, 1.807) is 0 Å². The third-order valence-corrected chi connectivity index (χ3v) is 3.32. The zero-order chi connectivity index (χ0) is 16.8. The van der Waals surface area contributed by atoms with E-state index in [2.05, 4.69) is 4.98 Å². The minimum Gasteiger partial charge on any atom is -0.332 e. The van der Waals surface area contributed by atoms with E-state index in [-0.39, 0.29) is 5.56 Å². The SMILES string of the molecule is Cn1c(Cc2ccccc2)nc(=O)c2ccccc21.O=[N+]([O-])O. The van der Waals surface area contributed by atoms with Gasteiger partial charge in [0.25, 0.3) is 10.6 Å². The Morgan fingerprint density at radius 1 is 1.13 bits per heavy atom. The highest BCUT2D eigenvalue weighted by atomic mass is 16.9. The van der Waals surface area contributed by atoms with Gasteiger partial charge in [0.2, 0.25) is 0 Å². The second-order valence-corrected chi connectivity index (χ2v) is 4.81. The molecule has 0 unspecified atom stereocenters. The van der Waals surface area contributed by atoms with E-state index in [1.165, 1.54) is 0 Å². The van der Waals surface area contributed by atoms with Crippen LogP contribution in [0.15, 0.2) is 59.4 Å². The van der Waals surface area contributed by atoms with Crippen molar-refractivity contribution in [2.45, 2.75) is 6.42 Å². The number of hydrogen-bond donors (Lipinski definition) is 1. The molecule has 0 bridgehead atoms. The van der Waals surface area contributed by atoms with Crippen LogP contribution in [0.25, 0.3) is 10.9 Å². The van der Waals surface area contributed by atoms with Crippen molar-refractivity contribution < 1.29 is 10.3 Å². The second-order valence-electron chi connectivity index (χ2n) is 4.81. The summed E-state index contributed by atoms with van der Waals surface area (Å²) in [6, 6.07) is 17.6. The van der Waals surface area contributed by atoms with Gasteiger partial charge in [0.05, 0.1) is 10.9 Å². The topological polar surface area (TPSA) is 98.3 Å². The van der Waals surface area contributed by atoms with Gasteiger partial charge in [-0.25, -0.2) is 0 Å². The number of aryl methyl sites for hydroxylation is 1. The number of benzene rings is 2. The molecule has 1 aromatic heterocycles. The lowest BCUT2D eigenvalue weighted by Crippen LogP contribution is -2.17. The van der Waals surface area contributed by atoms with Crippen molar-refractivity contribution in [1.29, 1.82) is 0 Å². The van der Waals surface area contributed by atoms with E-state index in [0.717, 1.165) is 16.9 Å². The van der Waals surface area contributed by atoms with Crippen molar-refractivity contribution in [2.24, 2.45) is 7.05 Å². The summed E-state index contributed by atoms with van der Waals surface area (Å²) in [5.74, 6) is 0.787. The van der Waals surface area contributed by atoms with Crippen molar-refractivity contribution in [3.8, 4) is 0 Å². The molecule has 0 fully saturated rings. The number of fused-ring (bicyclic) bond motifs is 1. The third kappa shape index (κ3) is 4.13. The average Bonchev–Trinajstić information content (AvgIpc) is 2.53. The van der Waals surface area contributed by atoms with Crippen LogP contribution in [-0.2, 0) is 13.5 Å². The molecule has 0 radical (unpaired) electrons. The van der Waals surface area contributed by atoms with Gasteiger partial charge in [-0.2, -0.15) is 4.98 Å². The van der Waals surface area contributed by atoms with E-state index in [0.29, 0.717) is 11.8 Å². The highest BCUT2D eigenvalue weighted by Gasteiger charge is 2.07. The molecule has 1 heterocycles. The van der Waals surface area contributed by atoms with Gasteiger partial charge < -0.3 is 9.77 Å². The minimum absolute atomic E-state index is 0.153. The Hall–Kier alpha value is -3.22. The summed E-state index contributed by atoms with van der Waals surface area (Å²) in [4.78, 5) is 24.6. The van der Waals surface area contributed by atoms with Gasteiger partial charge in [0.15, 0.2) is 0 Å². The van der Waals surface area contributed by atoms with Crippen LogP contribution in [0.1, 0.15) is 11.4 Å². The maximum Gasteiger partial charge on any atom is 0.291 e. The molecule has 0 spiro atoms. The van der Waals surface area contributed by atoms with E-state index in [1.807, 2.05) is 66.2 Å². The van der Waals surface area contributed by atoms with Crippen molar-refractivity contribution >= 4 is 10.9 Å². The number of rotatable bonds is 2. The van der Waals surface area contributed by atoms with E-state index in [9.17, 15) is 4.79 Å². The third-order valence-electron chi connectivity index (χ3n) is 3.32. The first kappa shape index (κ1) is 16.2. The Balaban J connectivity index is 0.000000433. The van der Waals surface area contributed by atoms with Crippen molar-refractivity contribution in [3.05, 3.63) is 86.5 Å². The molecule has 0 saturated carbocycles. The molecule has 0 saturated heterocycles. The van der Waals surface area contributed by atoms with Gasteiger partial charge >= 0.3 is 0 Å². The molecule has 23 heavy (non-hydrogen) atoms. The maximum atomic E-state index is 12.0. The lowest BCUT2D eigenvalue weighted by molar-refractivity contribution is -0.742. The van der Waals surface area contributed by atoms with E-state index >= 15 is 0 Å². The summed E-state index contributed by atoms with van der Waals surface area (Å²) in [5, 5.41) is 14.3. The average molecular weight is 313 g/mol. The van der Waals surface area contributed by atoms with E-state index < -0.39 is 5.09 Å². The molecule has 1 N–H and O–H groups in total. The van der Waals surface area contributed by atoms with Crippen LogP contribution in [0, 0.1) is 10.1 Å². The zero-order valence-electron chi connectivity index (χ0n) is 12.4. The minimum atomic E-state index is -1.50. The van der Waals surface area contributed by atoms with Gasteiger partial charge in [0, 0.05) is 13.5 Å². The Morgan fingerprint density at radius 3 is 2.35 bits per heavy atom. The summed E-state index contributed by atoms with van der Waals surface area (Å²) < 4.78 is 1.99. The molecule has 2 aromatic carbocycles. The number of para-hydroxylation sites is 1. The number of hydrogen-bond acceptors (Lipinski definition) is 4. The Bertz CT molecular complexity index is 871. The largest absolute Gasteiger partial charge is 0.332 e. The van der Waals surface area contributed by atoms with Gasteiger partial charge in [-0.3, -0.25) is 4.79 Å². The molecule has 0 atom stereocenters. The lowest BCUT2D eigenvalue weighted by atomic mass is 10.1. The lowest BCUT2D eigenvalue weighted by Gasteiger charge is -2.10. The zero-order valence-corrected chi connectivity index (χ0v) is 12.4. The fourth-order valence-electron chi connectivity index (χ4n) is 2.28. The predicted molar refractivity (Wildman–Crippen MR) is 85.0 cm³/mol. The monoisotopic (exact) mass is 313 g/mol. The van der Waals surface area contributed by atoms with Crippen LogP contribution in [0.5, 0.6) is 0 Å². The molecule has 3 aromatic rings. The summed E-state index contributed by atoms with van der Waals surface area (Å²) in [5.41, 5.74) is 1.92. The standard InChI is InChI=1S/C16H14N2O.HNO3/c1-18-14-10-6-5-9-13(14)16(19)17-15(18)11-12-7-3-2-4-8-12;2-1(3)4/h2-10H,11H2,1H3;(H,2,3,4). The molecule has 7 heteroatoms. The number of aromatic nitrogens is 2. The molecule has 0 amide bonds. The van der Waals surface area contributed by atoms with Crippen molar-refractivity contribution in [3.63, 3.8) is 0 Å². The molecule has 7 nitrogen and oxygen atoms in total. The Morgan fingerprint density at radius 2 is 1.70 bits per heavy atom. The van der Waals surface area contributed by atoms with Gasteiger partial charge in [-0.05, 0) is 17.7 Å². The maximum absolute atomic E-state index is 12.0. The van der Waals surface area contributed by atoms with Crippen molar-refractivity contribution in [2.75, 3.05) is 0 Å². The first-order valence-corrected chi connectivity index (χ1v) is 6.81. The molecular weight excluding hydrogens is 298 g/mol. The smallest absolute Gasteiger partial charge is 0.291 e. The highest BCUT2D eigenvalue weighted by molar-refractivity contribution is 5.77. The predicted octanol–water partition coefficient (Wildman–Crippen LogP) is 2.18. The van der Waals surface area contributed by atoms with Gasteiger partial charge in [-0.1, -0.05) is 42.5 Å². The normalized spacial score (nSPS) is 9.96. The second kappa shape index (κ2) is 7.17. The van der Waals surface area contributed by atoms with E-state index in [4.69, 9.17) is 15.3 Å².